The number of amides is 1. The first-order chi connectivity index (χ1) is 6.61. The molecule has 0 aliphatic carbocycles. The van der Waals surface area contributed by atoms with Gasteiger partial charge in [-0.2, -0.15) is 0 Å². The van der Waals surface area contributed by atoms with Crippen molar-refractivity contribution in [2.45, 2.75) is 20.3 Å². The van der Waals surface area contributed by atoms with Crippen LogP contribution in [-0.2, 0) is 4.79 Å². The van der Waals surface area contributed by atoms with Crippen LogP contribution in [0, 0.1) is 13.8 Å². The highest BCUT2D eigenvalue weighted by Crippen LogP contribution is 2.13. The first-order valence-electron chi connectivity index (χ1n) is 4.70. The zero-order valence-corrected chi connectivity index (χ0v) is 8.63. The number of nitrogens with one attached hydrogen (secondary N) is 1. The second kappa shape index (κ2) is 4.77. The molecule has 0 heterocycles. The molecule has 0 radical (unpaired) electrons. The Morgan fingerprint density at radius 1 is 1.29 bits per heavy atom. The van der Waals surface area contributed by atoms with Crippen molar-refractivity contribution in [1.29, 1.82) is 0 Å². The van der Waals surface area contributed by atoms with Crippen molar-refractivity contribution in [3.63, 3.8) is 0 Å². The largest absolute Gasteiger partial charge is 0.330 e. The van der Waals surface area contributed by atoms with Gasteiger partial charge in [0.1, 0.15) is 0 Å². The summed E-state index contributed by atoms with van der Waals surface area (Å²) in [5.74, 6) is -0.0301. The number of nitrogens with two attached hydrogens (primary N) is 1. The van der Waals surface area contributed by atoms with E-state index < -0.39 is 0 Å². The van der Waals surface area contributed by atoms with Crippen molar-refractivity contribution in [3.05, 3.63) is 29.3 Å². The van der Waals surface area contributed by atoms with Crippen LogP contribution in [0.15, 0.2) is 18.2 Å². The lowest BCUT2D eigenvalue weighted by Gasteiger charge is -2.06. The molecule has 76 valence electrons. The molecule has 14 heavy (non-hydrogen) atoms. The van der Waals surface area contributed by atoms with E-state index in [1.165, 1.54) is 0 Å². The van der Waals surface area contributed by atoms with Crippen LogP contribution >= 0.6 is 0 Å². The summed E-state index contributed by atoms with van der Waals surface area (Å²) >= 11 is 0. The highest BCUT2D eigenvalue weighted by atomic mass is 16.1. The van der Waals surface area contributed by atoms with Crippen LogP contribution in [0.3, 0.4) is 0 Å². The summed E-state index contributed by atoms with van der Waals surface area (Å²) in [6.45, 7) is 4.40. The first kappa shape index (κ1) is 10.7. The molecule has 1 aromatic rings. The van der Waals surface area contributed by atoms with Gasteiger partial charge >= 0.3 is 0 Å². The predicted octanol–water partition coefficient (Wildman–Crippen LogP) is 1.59. The molecular formula is C11H16N2O. The van der Waals surface area contributed by atoms with Crippen LogP contribution < -0.4 is 11.1 Å². The van der Waals surface area contributed by atoms with Crippen LogP contribution in [0.5, 0.6) is 0 Å². The number of benzene rings is 1. The number of rotatable bonds is 3. The Balaban J connectivity index is 2.71. The molecule has 0 spiro atoms. The summed E-state index contributed by atoms with van der Waals surface area (Å²) in [5, 5.41) is 2.81. The minimum atomic E-state index is -0.0301. The van der Waals surface area contributed by atoms with Crippen molar-refractivity contribution in [2.24, 2.45) is 5.73 Å². The van der Waals surface area contributed by atoms with E-state index in [1.54, 1.807) is 0 Å². The average molecular weight is 192 g/mol. The fourth-order valence-electron chi connectivity index (χ4n) is 1.40. The Kier molecular flexibility index (Phi) is 3.65. The highest BCUT2D eigenvalue weighted by Gasteiger charge is 2.01. The van der Waals surface area contributed by atoms with Crippen LogP contribution in [0.4, 0.5) is 5.69 Å². The minimum Gasteiger partial charge on any atom is -0.330 e. The van der Waals surface area contributed by atoms with Crippen LogP contribution in [0.2, 0.25) is 0 Å². The smallest absolute Gasteiger partial charge is 0.225 e. The number of anilines is 1. The monoisotopic (exact) mass is 192 g/mol. The maximum absolute atomic E-state index is 11.2. The Morgan fingerprint density at radius 2 is 1.86 bits per heavy atom. The third kappa shape index (κ3) is 3.18. The van der Waals surface area contributed by atoms with Gasteiger partial charge in [-0.1, -0.05) is 6.07 Å². The Bertz CT molecular complexity index is 314. The van der Waals surface area contributed by atoms with Crippen molar-refractivity contribution < 1.29 is 4.79 Å². The SMILES string of the molecule is Cc1cc(C)cc(NC(=O)CCN)c1. The molecule has 3 nitrogen and oxygen atoms in total. The van der Waals surface area contributed by atoms with Gasteiger partial charge in [-0.15, -0.1) is 0 Å². The van der Waals surface area contributed by atoms with Crippen molar-refractivity contribution in [1.82, 2.24) is 0 Å². The molecule has 0 aromatic heterocycles. The van der Waals surface area contributed by atoms with Gasteiger partial charge in [0, 0.05) is 18.7 Å². The average Bonchev–Trinajstić information content (AvgIpc) is 2.01. The molecule has 1 aromatic carbocycles. The van der Waals surface area contributed by atoms with E-state index in [-0.39, 0.29) is 5.91 Å². The van der Waals surface area contributed by atoms with Crippen LogP contribution in [0.1, 0.15) is 17.5 Å². The van der Waals surface area contributed by atoms with Gasteiger partial charge in [0.2, 0.25) is 5.91 Å². The third-order valence-electron chi connectivity index (χ3n) is 1.88. The van der Waals surface area contributed by atoms with E-state index in [9.17, 15) is 4.79 Å². The van der Waals surface area contributed by atoms with E-state index in [2.05, 4.69) is 11.4 Å². The zero-order valence-electron chi connectivity index (χ0n) is 8.63. The first-order valence-corrected chi connectivity index (χ1v) is 4.70. The zero-order chi connectivity index (χ0) is 10.6. The summed E-state index contributed by atoms with van der Waals surface area (Å²) in [5.41, 5.74) is 8.42. The molecule has 1 amide bonds. The molecule has 0 saturated carbocycles. The van der Waals surface area contributed by atoms with Crippen molar-refractivity contribution in [3.8, 4) is 0 Å². The number of aryl methyl sites for hydroxylation is 2. The Morgan fingerprint density at radius 3 is 2.36 bits per heavy atom. The maximum Gasteiger partial charge on any atom is 0.225 e. The maximum atomic E-state index is 11.2. The van der Waals surface area contributed by atoms with E-state index in [1.807, 2.05) is 26.0 Å². The van der Waals surface area contributed by atoms with Gasteiger partial charge in [0.15, 0.2) is 0 Å². The summed E-state index contributed by atoms with van der Waals surface area (Å²) in [6.07, 6.45) is 0.368. The second-order valence-corrected chi connectivity index (χ2v) is 3.46. The van der Waals surface area contributed by atoms with Gasteiger partial charge in [-0.25, -0.2) is 0 Å². The molecule has 1 rings (SSSR count). The van der Waals surface area contributed by atoms with Crippen LogP contribution in [0.25, 0.3) is 0 Å². The quantitative estimate of drug-likeness (QED) is 0.764. The van der Waals surface area contributed by atoms with E-state index in [0.717, 1.165) is 16.8 Å². The van der Waals surface area contributed by atoms with Gasteiger partial charge < -0.3 is 11.1 Å². The van der Waals surface area contributed by atoms with Crippen molar-refractivity contribution >= 4 is 11.6 Å². The van der Waals surface area contributed by atoms with Gasteiger partial charge in [0.25, 0.3) is 0 Å². The lowest BCUT2D eigenvalue weighted by atomic mass is 10.1. The molecule has 0 unspecified atom stereocenters. The fourth-order valence-corrected chi connectivity index (χ4v) is 1.40. The predicted molar refractivity (Wildman–Crippen MR) is 58.2 cm³/mol. The molecule has 0 bridgehead atoms. The molecule has 3 heteroatoms. The summed E-state index contributed by atoms with van der Waals surface area (Å²) in [4.78, 5) is 11.2. The lowest BCUT2D eigenvalue weighted by Crippen LogP contribution is -2.16. The molecule has 0 atom stereocenters. The van der Waals surface area contributed by atoms with Gasteiger partial charge in [-0.05, 0) is 37.1 Å². The van der Waals surface area contributed by atoms with Crippen molar-refractivity contribution in [2.75, 3.05) is 11.9 Å². The molecular weight excluding hydrogens is 176 g/mol. The minimum absolute atomic E-state index is 0.0301. The number of carbonyl (C=O) groups is 1. The summed E-state index contributed by atoms with van der Waals surface area (Å²) in [6, 6.07) is 5.96. The van der Waals surface area contributed by atoms with E-state index >= 15 is 0 Å². The summed E-state index contributed by atoms with van der Waals surface area (Å²) in [7, 11) is 0. The summed E-state index contributed by atoms with van der Waals surface area (Å²) < 4.78 is 0. The number of hydrogen-bond donors (Lipinski definition) is 2. The molecule has 0 fully saturated rings. The molecule has 0 aliphatic heterocycles. The topological polar surface area (TPSA) is 55.1 Å². The van der Waals surface area contributed by atoms with Gasteiger partial charge in [-0.3, -0.25) is 4.79 Å². The lowest BCUT2D eigenvalue weighted by molar-refractivity contribution is -0.116. The highest BCUT2D eigenvalue weighted by molar-refractivity contribution is 5.90. The van der Waals surface area contributed by atoms with E-state index in [4.69, 9.17) is 5.73 Å². The third-order valence-corrected chi connectivity index (χ3v) is 1.88. The molecule has 0 saturated heterocycles. The van der Waals surface area contributed by atoms with E-state index in [0.29, 0.717) is 13.0 Å². The normalized spacial score (nSPS) is 9.93. The Hall–Kier alpha value is -1.35. The molecule has 0 aliphatic rings. The number of hydrogen-bond acceptors (Lipinski definition) is 2. The fraction of sp³-hybridized carbons (Fsp3) is 0.364. The second-order valence-electron chi connectivity index (χ2n) is 3.46. The van der Waals surface area contributed by atoms with Crippen LogP contribution in [-0.4, -0.2) is 12.5 Å². The standard InChI is InChI=1S/C11H16N2O/c1-8-5-9(2)7-10(6-8)13-11(14)3-4-12/h5-7H,3-4,12H2,1-2H3,(H,13,14). The molecule has 3 N–H and O–H groups in total. The number of carbonyl (C=O) groups excluding carboxylic acids is 1. The Labute approximate surface area is 84.3 Å². The van der Waals surface area contributed by atoms with Gasteiger partial charge in [0.05, 0.1) is 0 Å².